The Bertz CT molecular complexity index is 1110. The van der Waals surface area contributed by atoms with Crippen molar-refractivity contribution in [3.05, 3.63) is 81.3 Å². The van der Waals surface area contributed by atoms with Crippen molar-refractivity contribution in [3.63, 3.8) is 0 Å². The van der Waals surface area contributed by atoms with Crippen molar-refractivity contribution in [1.82, 2.24) is 9.88 Å². The predicted octanol–water partition coefficient (Wildman–Crippen LogP) is 5.01. The monoisotopic (exact) mass is 447 g/mol. The summed E-state index contributed by atoms with van der Waals surface area (Å²) in [6.45, 7) is 9.90. The van der Waals surface area contributed by atoms with Crippen molar-refractivity contribution in [2.24, 2.45) is 0 Å². The highest BCUT2D eigenvalue weighted by Gasteiger charge is 2.21. The number of anilines is 1. The molecule has 1 aliphatic heterocycles. The molecule has 6 heteroatoms. The largest absolute Gasteiger partial charge is 0.487 e. The van der Waals surface area contributed by atoms with E-state index in [0.29, 0.717) is 6.61 Å². The van der Waals surface area contributed by atoms with Crippen LogP contribution in [0, 0.1) is 20.8 Å². The molecular weight excluding hydrogens is 418 g/mol. The number of aryl methyl sites for hydroxylation is 2. The van der Waals surface area contributed by atoms with Gasteiger partial charge in [0.15, 0.2) is 0 Å². The summed E-state index contributed by atoms with van der Waals surface area (Å²) < 4.78 is 5.85. The van der Waals surface area contributed by atoms with Crippen LogP contribution in [0.4, 0.5) is 5.69 Å². The Kier molecular flexibility index (Phi) is 6.90. The summed E-state index contributed by atoms with van der Waals surface area (Å²) in [4.78, 5) is 21.4. The third kappa shape index (κ3) is 5.37. The standard InChI is InChI=1S/C26H29N3O2S/c1-19-6-4-9-25(20(19)2)28-12-14-29(15-13-28)26(30)11-10-22-7-5-8-24(16-22)31-17-23-18-32-21(3)27-23/h4-11,16,18H,12-15,17H2,1-3H3/b11-10+. The first-order valence-corrected chi connectivity index (χ1v) is 11.8. The highest BCUT2D eigenvalue weighted by atomic mass is 32.1. The van der Waals surface area contributed by atoms with E-state index >= 15 is 0 Å². The van der Waals surface area contributed by atoms with Crippen molar-refractivity contribution in [2.75, 3.05) is 31.1 Å². The van der Waals surface area contributed by atoms with Crippen molar-refractivity contribution in [3.8, 4) is 5.75 Å². The molecule has 4 rings (SSSR count). The van der Waals surface area contributed by atoms with Gasteiger partial charge in [-0.3, -0.25) is 4.79 Å². The van der Waals surface area contributed by atoms with Crippen molar-refractivity contribution in [2.45, 2.75) is 27.4 Å². The number of hydrogen-bond acceptors (Lipinski definition) is 5. The Morgan fingerprint density at radius 1 is 1.09 bits per heavy atom. The second kappa shape index (κ2) is 10.0. The number of thiazole rings is 1. The van der Waals surface area contributed by atoms with Gasteiger partial charge in [0.25, 0.3) is 0 Å². The van der Waals surface area contributed by atoms with Crippen LogP contribution >= 0.6 is 11.3 Å². The van der Waals surface area contributed by atoms with Crippen LogP contribution in [-0.4, -0.2) is 42.0 Å². The number of benzene rings is 2. The summed E-state index contributed by atoms with van der Waals surface area (Å²) in [7, 11) is 0. The van der Waals surface area contributed by atoms with Gasteiger partial charge < -0.3 is 14.5 Å². The molecule has 1 fully saturated rings. The lowest BCUT2D eigenvalue weighted by atomic mass is 10.1. The van der Waals surface area contributed by atoms with Gasteiger partial charge in [0, 0.05) is 43.3 Å². The number of aromatic nitrogens is 1. The minimum atomic E-state index is 0.0508. The molecule has 166 valence electrons. The van der Waals surface area contributed by atoms with E-state index in [0.717, 1.165) is 48.2 Å². The normalized spacial score (nSPS) is 14.2. The maximum absolute atomic E-state index is 12.7. The molecule has 0 spiro atoms. The second-order valence-corrected chi connectivity index (χ2v) is 9.15. The molecule has 1 aliphatic rings. The number of hydrogen-bond donors (Lipinski definition) is 0. The zero-order valence-corrected chi connectivity index (χ0v) is 19.7. The summed E-state index contributed by atoms with van der Waals surface area (Å²) in [6, 6.07) is 14.2. The number of piperazine rings is 1. The van der Waals surface area contributed by atoms with Crippen LogP contribution in [0.1, 0.15) is 27.4 Å². The molecule has 0 unspecified atom stereocenters. The third-order valence-electron chi connectivity index (χ3n) is 5.84. The maximum atomic E-state index is 12.7. The van der Waals surface area contributed by atoms with Crippen LogP contribution < -0.4 is 9.64 Å². The molecule has 5 nitrogen and oxygen atoms in total. The van der Waals surface area contributed by atoms with Crippen LogP contribution in [0.15, 0.2) is 53.9 Å². The smallest absolute Gasteiger partial charge is 0.246 e. The molecule has 1 saturated heterocycles. The highest BCUT2D eigenvalue weighted by molar-refractivity contribution is 7.09. The van der Waals surface area contributed by atoms with Gasteiger partial charge in [0.2, 0.25) is 5.91 Å². The minimum absolute atomic E-state index is 0.0508. The van der Waals surface area contributed by atoms with E-state index in [1.807, 2.05) is 47.5 Å². The fraction of sp³-hybridized carbons (Fsp3) is 0.308. The molecule has 1 aromatic heterocycles. The molecule has 0 atom stereocenters. The summed E-state index contributed by atoms with van der Waals surface area (Å²) in [5, 5.41) is 3.05. The second-order valence-electron chi connectivity index (χ2n) is 8.08. The molecule has 1 amide bonds. The first kappa shape index (κ1) is 22.1. The minimum Gasteiger partial charge on any atom is -0.487 e. The lowest BCUT2D eigenvalue weighted by molar-refractivity contribution is -0.126. The van der Waals surface area contributed by atoms with Gasteiger partial charge in [-0.25, -0.2) is 4.98 Å². The summed E-state index contributed by atoms with van der Waals surface area (Å²) in [5.74, 6) is 0.822. The van der Waals surface area contributed by atoms with E-state index < -0.39 is 0 Å². The van der Waals surface area contributed by atoms with Gasteiger partial charge in [0.05, 0.1) is 10.7 Å². The van der Waals surface area contributed by atoms with Gasteiger partial charge in [-0.05, 0) is 61.7 Å². The molecule has 2 aromatic carbocycles. The third-order valence-corrected chi connectivity index (χ3v) is 6.66. The van der Waals surface area contributed by atoms with Crippen molar-refractivity contribution < 1.29 is 9.53 Å². The van der Waals surface area contributed by atoms with Crippen LogP contribution in [0.25, 0.3) is 6.08 Å². The van der Waals surface area contributed by atoms with E-state index in [-0.39, 0.29) is 5.91 Å². The van der Waals surface area contributed by atoms with Crippen LogP contribution in [0.5, 0.6) is 5.75 Å². The van der Waals surface area contributed by atoms with Crippen LogP contribution in [-0.2, 0) is 11.4 Å². The summed E-state index contributed by atoms with van der Waals surface area (Å²) in [5.41, 5.74) is 5.77. The summed E-state index contributed by atoms with van der Waals surface area (Å²) >= 11 is 1.62. The van der Waals surface area contributed by atoms with Gasteiger partial charge in [0.1, 0.15) is 12.4 Å². The predicted molar refractivity (Wildman–Crippen MR) is 131 cm³/mol. The Hall–Kier alpha value is -3.12. The van der Waals surface area contributed by atoms with E-state index in [9.17, 15) is 4.79 Å². The Labute approximate surface area is 194 Å². The molecule has 3 aromatic rings. The fourth-order valence-corrected chi connectivity index (χ4v) is 4.46. The Morgan fingerprint density at radius 2 is 1.88 bits per heavy atom. The van der Waals surface area contributed by atoms with Gasteiger partial charge in [-0.15, -0.1) is 11.3 Å². The summed E-state index contributed by atoms with van der Waals surface area (Å²) in [6.07, 6.45) is 3.52. The highest BCUT2D eigenvalue weighted by Crippen LogP contribution is 2.24. The maximum Gasteiger partial charge on any atom is 0.246 e. The Morgan fingerprint density at radius 3 is 2.62 bits per heavy atom. The zero-order chi connectivity index (χ0) is 22.5. The van der Waals surface area contributed by atoms with Crippen molar-refractivity contribution >= 4 is 29.0 Å². The lowest BCUT2D eigenvalue weighted by Crippen LogP contribution is -2.48. The molecule has 0 aliphatic carbocycles. The van der Waals surface area contributed by atoms with E-state index in [4.69, 9.17) is 4.74 Å². The first-order chi connectivity index (χ1) is 15.5. The number of carbonyl (C=O) groups excluding carboxylic acids is 1. The molecule has 32 heavy (non-hydrogen) atoms. The van der Waals surface area contributed by atoms with Gasteiger partial charge in [-0.2, -0.15) is 0 Å². The van der Waals surface area contributed by atoms with E-state index in [2.05, 4.69) is 41.9 Å². The van der Waals surface area contributed by atoms with Crippen LogP contribution in [0.2, 0.25) is 0 Å². The average Bonchev–Trinajstić information content (AvgIpc) is 3.23. The van der Waals surface area contributed by atoms with E-state index in [1.165, 1.54) is 16.8 Å². The molecule has 2 heterocycles. The van der Waals surface area contributed by atoms with E-state index in [1.54, 1.807) is 17.4 Å². The molecule has 0 N–H and O–H groups in total. The molecule has 0 saturated carbocycles. The number of amides is 1. The topological polar surface area (TPSA) is 45.7 Å². The molecule has 0 bridgehead atoms. The zero-order valence-electron chi connectivity index (χ0n) is 18.9. The number of rotatable bonds is 6. The number of ether oxygens (including phenoxy) is 1. The molecular formula is C26H29N3O2S. The first-order valence-electron chi connectivity index (χ1n) is 10.9. The quantitative estimate of drug-likeness (QED) is 0.499. The number of carbonyl (C=O) groups is 1. The molecule has 0 radical (unpaired) electrons. The lowest BCUT2D eigenvalue weighted by Gasteiger charge is -2.36. The average molecular weight is 448 g/mol. The fourth-order valence-electron chi connectivity index (χ4n) is 3.86. The van der Waals surface area contributed by atoms with Gasteiger partial charge in [-0.1, -0.05) is 24.3 Å². The number of nitrogens with zero attached hydrogens (tertiary/aromatic N) is 3. The van der Waals surface area contributed by atoms with Crippen molar-refractivity contribution in [1.29, 1.82) is 0 Å². The SMILES string of the molecule is Cc1nc(COc2cccc(/C=C/C(=O)N3CCN(c4cccc(C)c4C)CC3)c2)cs1. The van der Waals surface area contributed by atoms with Crippen LogP contribution in [0.3, 0.4) is 0 Å². The van der Waals surface area contributed by atoms with Gasteiger partial charge >= 0.3 is 0 Å². The Balaban J connectivity index is 1.31.